The van der Waals surface area contributed by atoms with E-state index in [0.29, 0.717) is 5.41 Å². The first-order chi connectivity index (χ1) is 8.27. The third kappa shape index (κ3) is 2.24. The van der Waals surface area contributed by atoms with Gasteiger partial charge in [-0.25, -0.2) is 0 Å². The van der Waals surface area contributed by atoms with E-state index in [1.165, 1.54) is 34.9 Å². The van der Waals surface area contributed by atoms with Crippen molar-refractivity contribution in [2.75, 3.05) is 6.54 Å². The minimum Gasteiger partial charge on any atom is -0.312 e. The Kier molecular flexibility index (Phi) is 2.93. The molecule has 1 saturated carbocycles. The van der Waals surface area contributed by atoms with Crippen molar-refractivity contribution in [2.24, 2.45) is 5.41 Å². The molecule has 2 aromatic rings. The molecule has 1 heterocycles. The van der Waals surface area contributed by atoms with Crippen molar-refractivity contribution in [2.45, 2.75) is 32.7 Å². The maximum absolute atomic E-state index is 3.63. The van der Waals surface area contributed by atoms with Crippen LogP contribution in [-0.4, -0.2) is 6.54 Å². The highest BCUT2D eigenvalue weighted by Gasteiger charge is 2.30. The average Bonchev–Trinajstić information content (AvgIpc) is 2.71. The van der Waals surface area contributed by atoms with Crippen LogP contribution < -0.4 is 5.32 Å². The molecule has 0 atom stereocenters. The maximum Gasteiger partial charge on any atom is 0.0346 e. The quantitative estimate of drug-likeness (QED) is 0.852. The molecular formula is C15H19NS. The molecule has 0 amide bonds. The fraction of sp³-hybridized carbons (Fsp3) is 0.467. The largest absolute Gasteiger partial charge is 0.312 e. The summed E-state index contributed by atoms with van der Waals surface area (Å²) < 4.78 is 1.40. The lowest BCUT2D eigenvalue weighted by Crippen LogP contribution is -2.36. The highest BCUT2D eigenvalue weighted by molar-refractivity contribution is 7.17. The van der Waals surface area contributed by atoms with E-state index in [1.54, 1.807) is 0 Å². The lowest BCUT2D eigenvalue weighted by Gasteiger charge is -2.38. The molecule has 3 rings (SSSR count). The van der Waals surface area contributed by atoms with Crippen LogP contribution in [0.4, 0.5) is 0 Å². The molecule has 0 bridgehead atoms. The topological polar surface area (TPSA) is 12.0 Å². The van der Waals surface area contributed by atoms with E-state index in [2.05, 4.69) is 41.9 Å². The SMILES string of the molecule is CC1(CNCc2csc3ccccc23)CCC1. The summed E-state index contributed by atoms with van der Waals surface area (Å²) in [6, 6.07) is 8.68. The van der Waals surface area contributed by atoms with E-state index < -0.39 is 0 Å². The molecule has 2 heteroatoms. The van der Waals surface area contributed by atoms with Gasteiger partial charge in [0.25, 0.3) is 0 Å². The van der Waals surface area contributed by atoms with Crippen LogP contribution in [0.15, 0.2) is 29.6 Å². The van der Waals surface area contributed by atoms with Crippen molar-refractivity contribution < 1.29 is 0 Å². The standard InChI is InChI=1S/C15H19NS/c1-15(7-4-8-15)11-16-9-12-10-17-14-6-3-2-5-13(12)14/h2-3,5-6,10,16H,4,7-9,11H2,1H3. The zero-order valence-electron chi connectivity index (χ0n) is 10.3. The lowest BCUT2D eigenvalue weighted by atomic mass is 9.70. The van der Waals surface area contributed by atoms with Crippen LogP contribution in [0.25, 0.3) is 10.1 Å². The van der Waals surface area contributed by atoms with E-state index >= 15 is 0 Å². The van der Waals surface area contributed by atoms with E-state index in [4.69, 9.17) is 0 Å². The molecule has 1 N–H and O–H groups in total. The summed E-state index contributed by atoms with van der Waals surface area (Å²) in [6.07, 6.45) is 4.20. The van der Waals surface area contributed by atoms with Crippen molar-refractivity contribution in [3.05, 3.63) is 35.2 Å². The first-order valence-electron chi connectivity index (χ1n) is 6.43. The van der Waals surface area contributed by atoms with Gasteiger partial charge in [-0.05, 0) is 40.7 Å². The van der Waals surface area contributed by atoms with E-state index in [0.717, 1.165) is 13.1 Å². The summed E-state index contributed by atoms with van der Waals surface area (Å²) in [5.41, 5.74) is 2.03. The van der Waals surface area contributed by atoms with Crippen LogP contribution in [0, 0.1) is 5.41 Å². The molecule has 0 spiro atoms. The Morgan fingerprint density at radius 2 is 2.12 bits per heavy atom. The summed E-state index contributed by atoms with van der Waals surface area (Å²) in [5, 5.41) is 7.34. The van der Waals surface area contributed by atoms with E-state index in [9.17, 15) is 0 Å². The molecule has 0 radical (unpaired) electrons. The Morgan fingerprint density at radius 1 is 1.29 bits per heavy atom. The molecule has 0 aliphatic heterocycles. The summed E-state index contributed by atoms with van der Waals surface area (Å²) in [6.45, 7) is 4.58. The van der Waals surface area contributed by atoms with Gasteiger partial charge >= 0.3 is 0 Å². The number of hydrogen-bond donors (Lipinski definition) is 1. The summed E-state index contributed by atoms with van der Waals surface area (Å²) in [5.74, 6) is 0. The van der Waals surface area contributed by atoms with Gasteiger partial charge in [0, 0.05) is 17.8 Å². The van der Waals surface area contributed by atoms with Gasteiger partial charge in [0.1, 0.15) is 0 Å². The molecule has 0 unspecified atom stereocenters. The lowest BCUT2D eigenvalue weighted by molar-refractivity contribution is 0.156. The smallest absolute Gasteiger partial charge is 0.0346 e. The summed E-state index contributed by atoms with van der Waals surface area (Å²) in [4.78, 5) is 0. The van der Waals surface area contributed by atoms with Crippen LogP contribution in [-0.2, 0) is 6.54 Å². The Morgan fingerprint density at radius 3 is 2.88 bits per heavy atom. The van der Waals surface area contributed by atoms with Crippen LogP contribution in [0.5, 0.6) is 0 Å². The molecule has 1 fully saturated rings. The number of rotatable bonds is 4. The van der Waals surface area contributed by atoms with Crippen molar-refractivity contribution >= 4 is 21.4 Å². The zero-order valence-corrected chi connectivity index (χ0v) is 11.1. The number of benzene rings is 1. The van der Waals surface area contributed by atoms with E-state index in [-0.39, 0.29) is 0 Å². The predicted octanol–water partition coefficient (Wildman–Crippen LogP) is 4.18. The molecule has 17 heavy (non-hydrogen) atoms. The second-order valence-electron chi connectivity index (χ2n) is 5.52. The van der Waals surface area contributed by atoms with Gasteiger partial charge in [-0.2, -0.15) is 0 Å². The van der Waals surface area contributed by atoms with Gasteiger partial charge in [0.2, 0.25) is 0 Å². The van der Waals surface area contributed by atoms with Crippen LogP contribution >= 0.6 is 11.3 Å². The van der Waals surface area contributed by atoms with Crippen molar-refractivity contribution in [1.29, 1.82) is 0 Å². The highest BCUT2D eigenvalue weighted by atomic mass is 32.1. The fourth-order valence-electron chi connectivity index (χ4n) is 2.63. The minimum absolute atomic E-state index is 0.575. The Bertz CT molecular complexity index is 510. The maximum atomic E-state index is 3.63. The normalized spacial score (nSPS) is 18.2. The number of hydrogen-bond acceptors (Lipinski definition) is 2. The van der Waals surface area contributed by atoms with Crippen molar-refractivity contribution in [3.8, 4) is 0 Å². The molecule has 0 saturated heterocycles. The minimum atomic E-state index is 0.575. The van der Waals surface area contributed by atoms with Gasteiger partial charge in [0.05, 0.1) is 0 Å². The molecule has 1 aliphatic carbocycles. The number of fused-ring (bicyclic) bond motifs is 1. The van der Waals surface area contributed by atoms with Gasteiger partial charge < -0.3 is 5.32 Å². The van der Waals surface area contributed by atoms with Gasteiger partial charge in [-0.15, -0.1) is 11.3 Å². The molecule has 1 aromatic heterocycles. The summed E-state index contributed by atoms with van der Waals surface area (Å²) >= 11 is 1.85. The second-order valence-corrected chi connectivity index (χ2v) is 6.44. The van der Waals surface area contributed by atoms with Crippen LogP contribution in [0.2, 0.25) is 0 Å². The molecular weight excluding hydrogens is 226 g/mol. The Balaban J connectivity index is 1.65. The number of nitrogens with one attached hydrogen (secondary N) is 1. The van der Waals surface area contributed by atoms with Crippen LogP contribution in [0.3, 0.4) is 0 Å². The third-order valence-electron chi connectivity index (χ3n) is 3.99. The monoisotopic (exact) mass is 245 g/mol. The third-order valence-corrected chi connectivity index (χ3v) is 5.00. The first-order valence-corrected chi connectivity index (χ1v) is 7.31. The van der Waals surface area contributed by atoms with Crippen LogP contribution in [0.1, 0.15) is 31.7 Å². The average molecular weight is 245 g/mol. The van der Waals surface area contributed by atoms with Gasteiger partial charge in [0.15, 0.2) is 0 Å². The number of thiophene rings is 1. The molecule has 90 valence electrons. The molecule has 1 aromatic carbocycles. The molecule has 1 nitrogen and oxygen atoms in total. The predicted molar refractivity (Wildman–Crippen MR) is 75.5 cm³/mol. The van der Waals surface area contributed by atoms with Crippen molar-refractivity contribution in [1.82, 2.24) is 5.32 Å². The van der Waals surface area contributed by atoms with Gasteiger partial charge in [-0.1, -0.05) is 31.5 Å². The zero-order chi connectivity index (χ0) is 11.7. The van der Waals surface area contributed by atoms with E-state index in [1.807, 2.05) is 11.3 Å². The highest BCUT2D eigenvalue weighted by Crippen LogP contribution is 2.39. The first kappa shape index (κ1) is 11.2. The second kappa shape index (κ2) is 4.43. The fourth-order valence-corrected chi connectivity index (χ4v) is 3.59. The molecule has 1 aliphatic rings. The van der Waals surface area contributed by atoms with Crippen molar-refractivity contribution in [3.63, 3.8) is 0 Å². The Labute approximate surface area is 107 Å². The van der Waals surface area contributed by atoms with Gasteiger partial charge in [-0.3, -0.25) is 0 Å². The summed E-state index contributed by atoms with van der Waals surface area (Å²) in [7, 11) is 0. The Hall–Kier alpha value is -0.860.